The summed E-state index contributed by atoms with van der Waals surface area (Å²) < 4.78 is 1.34. The van der Waals surface area contributed by atoms with Gasteiger partial charge in [-0.3, -0.25) is 4.79 Å². The summed E-state index contributed by atoms with van der Waals surface area (Å²) in [6, 6.07) is 0. The van der Waals surface area contributed by atoms with E-state index in [4.69, 9.17) is 0 Å². The molecule has 0 saturated carbocycles. The molecule has 0 atom stereocenters. The molecule has 1 aromatic heterocycles. The van der Waals surface area contributed by atoms with Crippen molar-refractivity contribution in [1.82, 2.24) is 19.8 Å². The van der Waals surface area contributed by atoms with E-state index in [1.54, 1.807) is 13.1 Å². The lowest BCUT2D eigenvalue weighted by molar-refractivity contribution is -0.391. The molecule has 1 amide bonds. The molecule has 0 radical (unpaired) electrons. The number of rotatable bonds is 2. The Morgan fingerprint density at radius 2 is 2.18 bits per heavy atom. The molecule has 0 unspecified atom stereocenters. The monoisotopic (exact) mass is 322 g/mol. The van der Waals surface area contributed by atoms with Crippen molar-refractivity contribution in [3.05, 3.63) is 27.0 Å². The van der Waals surface area contributed by atoms with Crippen molar-refractivity contribution >= 4 is 34.7 Å². The minimum atomic E-state index is -0.513. The zero-order valence-electron chi connectivity index (χ0n) is 11.9. The Morgan fingerprint density at radius 3 is 2.82 bits per heavy atom. The second kappa shape index (κ2) is 5.89. The van der Waals surface area contributed by atoms with Gasteiger partial charge in [-0.15, -0.1) is 0 Å². The summed E-state index contributed by atoms with van der Waals surface area (Å²) in [5.74, 6) is -0.0889. The summed E-state index contributed by atoms with van der Waals surface area (Å²) in [5.41, 5.74) is 0. The molecular formula is C12H14N6O3S. The summed E-state index contributed by atoms with van der Waals surface area (Å²) in [6.45, 7) is 3.33. The first-order valence-corrected chi connectivity index (χ1v) is 7.52. The van der Waals surface area contributed by atoms with Crippen LogP contribution in [0.2, 0.25) is 0 Å². The molecule has 1 aromatic rings. The lowest BCUT2D eigenvalue weighted by atomic mass is 10.4. The Kier molecular flexibility index (Phi) is 3.94. The van der Waals surface area contributed by atoms with Crippen molar-refractivity contribution < 1.29 is 9.72 Å². The number of thioether (sulfide) groups is 1. The summed E-state index contributed by atoms with van der Waals surface area (Å²) in [4.78, 5) is 32.8. The number of nitro groups is 1. The summed E-state index contributed by atoms with van der Waals surface area (Å²) in [7, 11) is 1.54. The van der Waals surface area contributed by atoms with Crippen LogP contribution in [0.4, 0.5) is 5.82 Å². The van der Waals surface area contributed by atoms with Crippen LogP contribution in [0, 0.1) is 10.1 Å². The predicted molar refractivity (Wildman–Crippen MR) is 82.3 cm³/mol. The van der Waals surface area contributed by atoms with Gasteiger partial charge in [0.2, 0.25) is 5.82 Å². The SMILES string of the molecule is Cn1c([N+](=O)[O-])cnc1/C=C1\SC(N2CCNCC2)=NC1=O. The number of carbonyl (C=O) groups excluding carboxylic acids is 1. The number of hydrogen-bond acceptors (Lipinski definition) is 7. The molecule has 1 fully saturated rings. The first kappa shape index (κ1) is 14.7. The Balaban J connectivity index is 1.79. The van der Waals surface area contributed by atoms with Crippen molar-refractivity contribution in [2.45, 2.75) is 0 Å². The van der Waals surface area contributed by atoms with Crippen LogP contribution in [0.3, 0.4) is 0 Å². The van der Waals surface area contributed by atoms with Gasteiger partial charge >= 0.3 is 5.82 Å². The summed E-state index contributed by atoms with van der Waals surface area (Å²) in [6.07, 6.45) is 2.72. The van der Waals surface area contributed by atoms with Crippen LogP contribution in [0.15, 0.2) is 16.1 Å². The lowest BCUT2D eigenvalue weighted by Crippen LogP contribution is -2.45. The van der Waals surface area contributed by atoms with E-state index in [1.165, 1.54) is 22.5 Å². The number of hydrogen-bond donors (Lipinski definition) is 1. The highest BCUT2D eigenvalue weighted by Crippen LogP contribution is 2.30. The highest BCUT2D eigenvalue weighted by atomic mass is 32.2. The Bertz CT molecular complexity index is 689. The molecule has 116 valence electrons. The van der Waals surface area contributed by atoms with E-state index >= 15 is 0 Å². The van der Waals surface area contributed by atoms with Crippen LogP contribution in [-0.2, 0) is 11.8 Å². The van der Waals surface area contributed by atoms with Crippen molar-refractivity contribution in [2.75, 3.05) is 26.2 Å². The fraction of sp³-hybridized carbons (Fsp3) is 0.417. The van der Waals surface area contributed by atoms with Crippen LogP contribution >= 0.6 is 11.8 Å². The smallest absolute Gasteiger partial charge is 0.342 e. The van der Waals surface area contributed by atoms with Gasteiger partial charge in [0.05, 0.1) is 12.0 Å². The van der Waals surface area contributed by atoms with Gasteiger partial charge in [0.15, 0.2) is 5.17 Å². The maximum atomic E-state index is 12.0. The molecule has 3 rings (SSSR count). The molecule has 0 aromatic carbocycles. The van der Waals surface area contributed by atoms with Crippen LogP contribution in [0.5, 0.6) is 0 Å². The summed E-state index contributed by atoms with van der Waals surface area (Å²) >= 11 is 1.28. The van der Waals surface area contributed by atoms with Crippen LogP contribution in [0.25, 0.3) is 6.08 Å². The molecule has 9 nitrogen and oxygen atoms in total. The van der Waals surface area contributed by atoms with Gasteiger partial charge in [-0.2, -0.15) is 4.99 Å². The quantitative estimate of drug-likeness (QED) is 0.471. The fourth-order valence-electron chi connectivity index (χ4n) is 2.22. The van der Waals surface area contributed by atoms with E-state index < -0.39 is 4.92 Å². The van der Waals surface area contributed by atoms with Gasteiger partial charge < -0.3 is 20.3 Å². The van der Waals surface area contributed by atoms with Crippen LogP contribution in [-0.4, -0.2) is 56.6 Å². The molecule has 1 N–H and O–H groups in total. The standard InChI is InChI=1S/C12H14N6O3S/c1-16-9(14-7-10(16)18(20)21)6-8-11(19)15-12(22-8)17-4-2-13-3-5-17/h6-7,13H,2-5H2,1H3/b8-6-. The zero-order valence-corrected chi connectivity index (χ0v) is 12.7. The third-order valence-electron chi connectivity index (χ3n) is 3.44. The third-order valence-corrected chi connectivity index (χ3v) is 4.49. The minimum absolute atomic E-state index is 0.120. The average Bonchev–Trinajstić information content (AvgIpc) is 3.05. The second-order valence-corrected chi connectivity index (χ2v) is 5.85. The Morgan fingerprint density at radius 1 is 1.45 bits per heavy atom. The van der Waals surface area contributed by atoms with Gasteiger partial charge in [0.25, 0.3) is 5.91 Å². The highest BCUT2D eigenvalue weighted by molar-refractivity contribution is 8.18. The molecule has 22 heavy (non-hydrogen) atoms. The first-order valence-electron chi connectivity index (χ1n) is 6.70. The van der Waals surface area contributed by atoms with Crippen molar-refractivity contribution in [3.63, 3.8) is 0 Å². The zero-order chi connectivity index (χ0) is 15.7. The van der Waals surface area contributed by atoms with Crippen LogP contribution < -0.4 is 5.32 Å². The number of nitrogens with zero attached hydrogens (tertiary/aromatic N) is 5. The van der Waals surface area contributed by atoms with E-state index in [-0.39, 0.29) is 11.7 Å². The minimum Gasteiger partial charge on any atom is -0.358 e. The predicted octanol–water partition coefficient (Wildman–Crippen LogP) is 0.204. The van der Waals surface area contributed by atoms with Crippen molar-refractivity contribution in [2.24, 2.45) is 12.0 Å². The van der Waals surface area contributed by atoms with E-state index in [1.807, 2.05) is 0 Å². The number of aromatic nitrogens is 2. The fourth-order valence-corrected chi connectivity index (χ4v) is 3.16. The lowest BCUT2D eigenvalue weighted by Gasteiger charge is -2.27. The third kappa shape index (κ3) is 2.74. The molecular weight excluding hydrogens is 308 g/mol. The summed E-state index contributed by atoms with van der Waals surface area (Å²) in [5, 5.41) is 14.7. The normalized spacial score (nSPS) is 20.6. The van der Waals surface area contributed by atoms with E-state index in [0.717, 1.165) is 26.2 Å². The molecule has 1 saturated heterocycles. The molecule has 0 bridgehead atoms. The average molecular weight is 322 g/mol. The molecule has 2 aliphatic heterocycles. The number of amides is 1. The van der Waals surface area contributed by atoms with Crippen molar-refractivity contribution in [3.8, 4) is 0 Å². The van der Waals surface area contributed by atoms with Crippen molar-refractivity contribution in [1.29, 1.82) is 0 Å². The first-order chi connectivity index (χ1) is 10.6. The molecule has 10 heteroatoms. The van der Waals surface area contributed by atoms with E-state index in [9.17, 15) is 14.9 Å². The Labute approximate surface area is 130 Å². The molecule has 2 aliphatic rings. The number of aliphatic imine (C=N–C) groups is 1. The van der Waals surface area contributed by atoms with Gasteiger partial charge in [0, 0.05) is 32.3 Å². The number of nitrogens with one attached hydrogen (secondary N) is 1. The van der Waals surface area contributed by atoms with Gasteiger partial charge in [-0.05, 0) is 16.7 Å². The van der Waals surface area contributed by atoms with Gasteiger partial charge in [-0.1, -0.05) is 0 Å². The van der Waals surface area contributed by atoms with Gasteiger partial charge in [-0.25, -0.2) is 9.55 Å². The largest absolute Gasteiger partial charge is 0.358 e. The number of amidine groups is 1. The highest BCUT2D eigenvalue weighted by Gasteiger charge is 2.28. The number of imidazole rings is 1. The molecule has 0 spiro atoms. The second-order valence-electron chi connectivity index (χ2n) is 4.84. The van der Waals surface area contributed by atoms with Crippen LogP contribution in [0.1, 0.15) is 5.82 Å². The number of piperazine rings is 1. The Hall–Kier alpha value is -2.20. The maximum absolute atomic E-state index is 12.0. The van der Waals surface area contributed by atoms with E-state index in [0.29, 0.717) is 15.9 Å². The molecule has 3 heterocycles. The van der Waals surface area contributed by atoms with Gasteiger partial charge in [0.1, 0.15) is 6.20 Å². The maximum Gasteiger partial charge on any atom is 0.342 e. The molecule has 0 aliphatic carbocycles. The topological polar surface area (TPSA) is 106 Å². The van der Waals surface area contributed by atoms with E-state index in [2.05, 4.69) is 20.2 Å². The number of carbonyl (C=O) groups is 1.